The molecule has 5 rings (SSSR count). The van der Waals surface area contributed by atoms with Crippen LogP contribution in [-0.2, 0) is 13.1 Å². The third-order valence-electron chi connectivity index (χ3n) is 7.57. The molecule has 39 heavy (non-hydrogen) atoms. The van der Waals surface area contributed by atoms with Crippen LogP contribution in [0.3, 0.4) is 0 Å². The molecule has 1 N–H and O–H groups in total. The van der Waals surface area contributed by atoms with Gasteiger partial charge in [-0.2, -0.15) is 0 Å². The van der Waals surface area contributed by atoms with Gasteiger partial charge >= 0.3 is 5.97 Å². The first-order valence-electron chi connectivity index (χ1n) is 13.5. The molecule has 0 unspecified atom stereocenters. The Bertz CT molecular complexity index is 1410. The van der Waals surface area contributed by atoms with Crippen molar-refractivity contribution in [1.29, 1.82) is 0 Å². The molecular weight excluding hydrogens is 526 g/mol. The number of nitrogens with zero attached hydrogens (tertiary/aromatic N) is 3. The fourth-order valence-corrected chi connectivity index (χ4v) is 6.46. The Balaban J connectivity index is 1.22. The van der Waals surface area contributed by atoms with Gasteiger partial charge in [-0.05, 0) is 59.7 Å². The van der Waals surface area contributed by atoms with Crippen molar-refractivity contribution in [3.63, 3.8) is 0 Å². The van der Waals surface area contributed by atoms with E-state index in [9.17, 15) is 4.79 Å². The Morgan fingerprint density at radius 2 is 1.56 bits per heavy atom. The molecular formula is C32H34ClN3O2S. The highest BCUT2D eigenvalue weighted by atomic mass is 35.5. The maximum Gasteiger partial charge on any atom is 0.335 e. The molecule has 0 aliphatic heterocycles. The summed E-state index contributed by atoms with van der Waals surface area (Å²) in [6.07, 6.45) is 6.73. The van der Waals surface area contributed by atoms with Crippen molar-refractivity contribution in [1.82, 2.24) is 4.98 Å². The van der Waals surface area contributed by atoms with Gasteiger partial charge in [0.25, 0.3) is 0 Å². The second-order valence-electron chi connectivity index (χ2n) is 10.5. The number of aromatic carboxylic acids is 1. The smallest absolute Gasteiger partial charge is 0.335 e. The molecule has 1 saturated carbocycles. The third-order valence-corrected chi connectivity index (χ3v) is 8.83. The van der Waals surface area contributed by atoms with Crippen molar-refractivity contribution in [2.24, 2.45) is 0 Å². The van der Waals surface area contributed by atoms with Crippen molar-refractivity contribution < 1.29 is 9.90 Å². The first-order chi connectivity index (χ1) is 18.9. The molecule has 1 heterocycles. The molecule has 5 nitrogen and oxygen atoms in total. The highest BCUT2D eigenvalue weighted by molar-refractivity contribution is 7.14. The fourth-order valence-electron chi connectivity index (χ4n) is 5.33. The van der Waals surface area contributed by atoms with Gasteiger partial charge in [-0.25, -0.2) is 9.78 Å². The predicted octanol–water partition coefficient (Wildman–Crippen LogP) is 8.48. The van der Waals surface area contributed by atoms with E-state index in [2.05, 4.69) is 53.2 Å². The first kappa shape index (κ1) is 27.2. The zero-order valence-electron chi connectivity index (χ0n) is 22.4. The van der Waals surface area contributed by atoms with Gasteiger partial charge in [-0.15, -0.1) is 11.3 Å². The van der Waals surface area contributed by atoms with Gasteiger partial charge in [-0.1, -0.05) is 73.3 Å². The van der Waals surface area contributed by atoms with Crippen LogP contribution in [0.4, 0.5) is 10.8 Å². The summed E-state index contributed by atoms with van der Waals surface area (Å²) in [7, 11) is 4.06. The molecule has 0 atom stereocenters. The number of thiazole rings is 1. The van der Waals surface area contributed by atoms with Crippen LogP contribution in [0.1, 0.15) is 65.1 Å². The number of carbonyl (C=O) groups is 1. The van der Waals surface area contributed by atoms with Crippen molar-refractivity contribution in [3.8, 4) is 11.3 Å². The average Bonchev–Trinajstić information content (AvgIpc) is 3.45. The summed E-state index contributed by atoms with van der Waals surface area (Å²) in [5.74, 6) is -0.192. The van der Waals surface area contributed by atoms with Gasteiger partial charge in [0, 0.05) is 38.1 Å². The van der Waals surface area contributed by atoms with Crippen LogP contribution in [0.15, 0.2) is 72.1 Å². The molecule has 4 aromatic rings. The van der Waals surface area contributed by atoms with E-state index in [1.54, 1.807) is 23.5 Å². The number of halogens is 1. The summed E-state index contributed by atoms with van der Waals surface area (Å²) < 4.78 is 0. The van der Waals surface area contributed by atoms with Gasteiger partial charge in [0.1, 0.15) is 0 Å². The number of carboxylic acids is 1. The summed E-state index contributed by atoms with van der Waals surface area (Å²) in [5, 5.41) is 12.7. The maximum atomic E-state index is 11.1. The van der Waals surface area contributed by atoms with Crippen LogP contribution in [0, 0.1) is 0 Å². The lowest BCUT2D eigenvalue weighted by Crippen LogP contribution is -2.17. The van der Waals surface area contributed by atoms with Gasteiger partial charge < -0.3 is 14.9 Å². The molecule has 0 bridgehead atoms. The largest absolute Gasteiger partial charge is 0.478 e. The van der Waals surface area contributed by atoms with E-state index in [-0.39, 0.29) is 5.56 Å². The molecule has 1 aliphatic rings. The van der Waals surface area contributed by atoms with E-state index >= 15 is 0 Å². The van der Waals surface area contributed by atoms with Crippen LogP contribution in [0.2, 0.25) is 5.02 Å². The van der Waals surface area contributed by atoms with Crippen LogP contribution >= 0.6 is 22.9 Å². The topological polar surface area (TPSA) is 56.7 Å². The van der Waals surface area contributed by atoms with E-state index in [0.717, 1.165) is 40.1 Å². The summed E-state index contributed by atoms with van der Waals surface area (Å²) >= 11 is 8.34. The molecule has 0 spiro atoms. The zero-order valence-corrected chi connectivity index (χ0v) is 24.0. The lowest BCUT2D eigenvalue weighted by atomic mass is 9.84. The molecule has 3 aromatic carbocycles. The van der Waals surface area contributed by atoms with Crippen LogP contribution in [0.25, 0.3) is 11.3 Å². The molecule has 0 amide bonds. The zero-order chi connectivity index (χ0) is 27.4. The quantitative estimate of drug-likeness (QED) is 0.223. The molecule has 1 aromatic heterocycles. The minimum Gasteiger partial charge on any atom is -0.478 e. The number of anilines is 2. The van der Waals surface area contributed by atoms with E-state index in [1.165, 1.54) is 43.2 Å². The van der Waals surface area contributed by atoms with Gasteiger partial charge in [-0.3, -0.25) is 0 Å². The number of hydrogen-bond donors (Lipinski definition) is 1. The molecule has 7 heteroatoms. The lowest BCUT2D eigenvalue weighted by Gasteiger charge is -2.23. The number of hydrogen-bond acceptors (Lipinski definition) is 5. The lowest BCUT2D eigenvalue weighted by molar-refractivity contribution is 0.0697. The Morgan fingerprint density at radius 1 is 0.923 bits per heavy atom. The maximum absolute atomic E-state index is 11.1. The standard InChI is InChI=1S/C32H34ClN3O2S/c1-35(19-22-8-12-25(13-9-22)24-6-4-3-5-7-24)30-17-16-27(18-28(30)33)29-21-39-32(34-29)36(2)20-23-10-14-26(15-11-23)31(37)38/h8-18,21,24H,3-7,19-20H2,1-2H3,(H,37,38). The van der Waals surface area contributed by atoms with Gasteiger partial charge in [0.05, 0.1) is 22.0 Å². The van der Waals surface area contributed by atoms with Gasteiger partial charge in [0.15, 0.2) is 5.13 Å². The minimum absolute atomic E-state index is 0.288. The molecule has 1 fully saturated rings. The van der Waals surface area contributed by atoms with E-state index in [1.807, 2.05) is 30.6 Å². The van der Waals surface area contributed by atoms with Crippen LogP contribution in [0.5, 0.6) is 0 Å². The van der Waals surface area contributed by atoms with E-state index < -0.39 is 5.97 Å². The second kappa shape index (κ2) is 12.2. The minimum atomic E-state index is -0.918. The molecule has 0 saturated heterocycles. The van der Waals surface area contributed by atoms with Crippen molar-refractivity contribution >= 4 is 39.7 Å². The number of rotatable bonds is 9. The van der Waals surface area contributed by atoms with Crippen molar-refractivity contribution in [3.05, 3.63) is 99.4 Å². The molecule has 1 aliphatic carbocycles. The molecule has 0 radical (unpaired) electrons. The first-order valence-corrected chi connectivity index (χ1v) is 14.7. The van der Waals surface area contributed by atoms with Crippen LogP contribution < -0.4 is 9.80 Å². The van der Waals surface area contributed by atoms with E-state index in [0.29, 0.717) is 11.6 Å². The SMILES string of the molecule is CN(Cc1ccc(C(=O)O)cc1)c1nc(-c2ccc(N(C)Cc3ccc(C4CCCCC4)cc3)c(Cl)c2)cs1. The Kier molecular flexibility index (Phi) is 8.53. The monoisotopic (exact) mass is 559 g/mol. The Hall–Kier alpha value is -3.35. The Morgan fingerprint density at radius 3 is 2.21 bits per heavy atom. The van der Waals surface area contributed by atoms with E-state index in [4.69, 9.17) is 21.7 Å². The second-order valence-corrected chi connectivity index (χ2v) is 11.7. The summed E-state index contributed by atoms with van der Waals surface area (Å²) in [5.41, 5.74) is 6.94. The fraction of sp³-hybridized carbons (Fsp3) is 0.312. The van der Waals surface area contributed by atoms with Gasteiger partial charge in [0.2, 0.25) is 0 Å². The van der Waals surface area contributed by atoms with Crippen LogP contribution in [-0.4, -0.2) is 30.2 Å². The normalized spacial score (nSPS) is 13.8. The van der Waals surface area contributed by atoms with Crippen molar-refractivity contribution in [2.75, 3.05) is 23.9 Å². The van der Waals surface area contributed by atoms with Crippen molar-refractivity contribution in [2.45, 2.75) is 51.1 Å². The Labute approximate surface area is 239 Å². The average molecular weight is 560 g/mol. The number of carboxylic acid groups (broad SMARTS) is 1. The molecule has 202 valence electrons. The summed E-state index contributed by atoms with van der Waals surface area (Å²) in [6, 6.07) is 22.2. The summed E-state index contributed by atoms with van der Waals surface area (Å²) in [4.78, 5) is 20.2. The number of benzene rings is 3. The highest BCUT2D eigenvalue weighted by Gasteiger charge is 2.16. The number of aromatic nitrogens is 1. The predicted molar refractivity (Wildman–Crippen MR) is 162 cm³/mol. The summed E-state index contributed by atoms with van der Waals surface area (Å²) in [6.45, 7) is 1.43. The highest BCUT2D eigenvalue weighted by Crippen LogP contribution is 2.35. The third kappa shape index (κ3) is 6.63.